The molecule has 0 aromatic heterocycles. The van der Waals surface area contributed by atoms with Crippen LogP contribution in [0, 0.1) is 11.8 Å². The number of likely N-dealkylation sites (tertiary alicyclic amines) is 1. The highest BCUT2D eigenvalue weighted by molar-refractivity contribution is 7.98. The van der Waals surface area contributed by atoms with E-state index in [4.69, 9.17) is 9.79 Å². The van der Waals surface area contributed by atoms with Crippen LogP contribution in [-0.2, 0) is 45.4 Å². The summed E-state index contributed by atoms with van der Waals surface area (Å²) in [6.45, 7) is 8.30. The van der Waals surface area contributed by atoms with Crippen molar-refractivity contribution in [1.29, 1.82) is 0 Å². The minimum Gasteiger partial charge on any atom is -0.480 e. The van der Waals surface area contributed by atoms with E-state index in [1.807, 2.05) is 20.1 Å². The molecular weight excluding hydrogens is 727 g/mol. The third kappa shape index (κ3) is 12.5. The van der Waals surface area contributed by atoms with Crippen molar-refractivity contribution < 1.29 is 57.0 Å². The topological polar surface area (TPSA) is 232 Å². The van der Waals surface area contributed by atoms with E-state index in [2.05, 4.69) is 21.3 Å². The minimum absolute atomic E-state index is 0.0214. The summed E-state index contributed by atoms with van der Waals surface area (Å²) < 4.78 is 39.5. The van der Waals surface area contributed by atoms with E-state index in [9.17, 15) is 47.2 Å². The van der Waals surface area contributed by atoms with E-state index in [0.717, 1.165) is 31.2 Å². The van der Waals surface area contributed by atoms with Gasteiger partial charge in [0.1, 0.15) is 30.2 Å². The number of amides is 5. The number of halogens is 2. The molecule has 1 fully saturated rings. The van der Waals surface area contributed by atoms with Gasteiger partial charge in [-0.15, -0.1) is 0 Å². The van der Waals surface area contributed by atoms with Gasteiger partial charge >= 0.3 is 19.2 Å². The summed E-state index contributed by atoms with van der Waals surface area (Å²) in [6, 6.07) is -1.76. The van der Waals surface area contributed by atoms with Crippen molar-refractivity contribution in [1.82, 2.24) is 26.2 Å². The first-order valence-corrected chi connectivity index (χ1v) is 19.8. The molecule has 5 amide bonds. The van der Waals surface area contributed by atoms with Crippen LogP contribution in [0.25, 0.3) is 0 Å². The number of nitrogens with one attached hydrogen (secondary N) is 4. The van der Waals surface area contributed by atoms with Crippen LogP contribution in [-0.4, -0.2) is 104 Å². The Morgan fingerprint density at radius 2 is 1.54 bits per heavy atom. The standard InChI is InChI=1S/C33H50F2N5O10PS/c1-18(2)16-25(32(46)47)38-28(42)23(13-15-52-6)37-30(44)26-8-7-14-40(26)31(45)27(19(3)4)39-29(43)24(36-20(5)41)17-21-9-11-22(12-10-21)33(34,35)51(48,49)50/h9-12,18-19,23-27H,7-8,13-17H2,1-6H3,(H,36,41)(H,37,44)(H,38,42)(H,39,43)(H,46,47)(H2,48,49,50)/t23-,24-,25-,26-,27-/m0/s1. The maximum absolute atomic E-state index is 14.1. The van der Waals surface area contributed by atoms with Crippen LogP contribution in [0.5, 0.6) is 0 Å². The minimum atomic E-state index is -5.81. The van der Waals surface area contributed by atoms with E-state index < -0.39 is 90.5 Å². The second-order valence-corrected chi connectivity index (χ2v) is 16.2. The van der Waals surface area contributed by atoms with Crippen molar-refractivity contribution in [3.63, 3.8) is 0 Å². The molecule has 19 heteroatoms. The maximum Gasteiger partial charge on any atom is 0.399 e. The number of carboxylic acids is 1. The fourth-order valence-corrected chi connectivity index (χ4v) is 6.64. The molecule has 1 heterocycles. The fourth-order valence-electron chi connectivity index (χ4n) is 5.69. The van der Waals surface area contributed by atoms with E-state index in [0.29, 0.717) is 12.2 Å². The van der Waals surface area contributed by atoms with Crippen LogP contribution >= 0.6 is 19.4 Å². The van der Waals surface area contributed by atoms with Crippen molar-refractivity contribution in [3.8, 4) is 0 Å². The van der Waals surface area contributed by atoms with Crippen LogP contribution in [0.1, 0.15) is 71.4 Å². The van der Waals surface area contributed by atoms with Gasteiger partial charge in [0.2, 0.25) is 29.5 Å². The smallest absolute Gasteiger partial charge is 0.399 e. The van der Waals surface area contributed by atoms with Gasteiger partial charge in [0.15, 0.2) is 0 Å². The second-order valence-electron chi connectivity index (χ2n) is 13.5. The van der Waals surface area contributed by atoms with Gasteiger partial charge in [-0.25, -0.2) is 4.79 Å². The number of thioether (sulfide) groups is 1. The zero-order valence-corrected chi connectivity index (χ0v) is 31.8. The van der Waals surface area contributed by atoms with Crippen LogP contribution in [0.3, 0.4) is 0 Å². The number of carboxylic acid groups (broad SMARTS) is 1. The number of carbonyl (C=O) groups is 6. The molecule has 0 bridgehead atoms. The zero-order chi connectivity index (χ0) is 39.6. The predicted molar refractivity (Wildman–Crippen MR) is 189 cm³/mol. The van der Waals surface area contributed by atoms with Gasteiger partial charge in [0, 0.05) is 25.5 Å². The Morgan fingerprint density at radius 1 is 0.942 bits per heavy atom. The summed E-state index contributed by atoms with van der Waals surface area (Å²) in [7, 11) is -5.81. The largest absolute Gasteiger partial charge is 0.480 e. The fraction of sp³-hybridized carbons (Fsp3) is 0.636. The number of hydrogen-bond acceptors (Lipinski definition) is 8. The van der Waals surface area contributed by atoms with Crippen molar-refractivity contribution in [3.05, 3.63) is 35.4 Å². The van der Waals surface area contributed by atoms with Crippen molar-refractivity contribution in [2.24, 2.45) is 11.8 Å². The Balaban J connectivity index is 2.24. The highest BCUT2D eigenvalue weighted by atomic mass is 32.2. The summed E-state index contributed by atoms with van der Waals surface area (Å²) in [5.41, 5.74) is -5.11. The van der Waals surface area contributed by atoms with E-state index in [-0.39, 0.29) is 43.7 Å². The SMILES string of the molecule is CSCC[C@H](NC(=O)[C@@H]1CCCN1C(=O)[C@@H](NC(=O)[C@H](Cc1ccc(C(F)(F)P(=O)(O)O)cc1)NC(C)=O)C(C)C)C(=O)N[C@@H](CC(C)C)C(=O)O. The molecule has 1 aromatic rings. The molecule has 15 nitrogen and oxygen atoms in total. The number of carbonyl (C=O) groups excluding carboxylic acids is 5. The van der Waals surface area contributed by atoms with Gasteiger partial charge in [-0.2, -0.15) is 20.5 Å². The molecular formula is C33H50F2N5O10PS. The molecule has 1 saturated heterocycles. The van der Waals surface area contributed by atoms with E-state index in [1.165, 1.54) is 16.7 Å². The highest BCUT2D eigenvalue weighted by Crippen LogP contribution is 2.59. The van der Waals surface area contributed by atoms with Crippen LogP contribution < -0.4 is 21.3 Å². The van der Waals surface area contributed by atoms with Crippen LogP contribution in [0.15, 0.2) is 24.3 Å². The Kier molecular flexibility index (Phi) is 16.7. The quantitative estimate of drug-likeness (QED) is 0.100. The van der Waals surface area contributed by atoms with Crippen LogP contribution in [0.2, 0.25) is 0 Å². The van der Waals surface area contributed by atoms with E-state index >= 15 is 0 Å². The molecule has 5 atom stereocenters. The Labute approximate surface area is 306 Å². The number of benzene rings is 1. The predicted octanol–water partition coefficient (Wildman–Crippen LogP) is 1.95. The van der Waals surface area contributed by atoms with Gasteiger partial charge in [0.25, 0.3) is 0 Å². The number of hydrogen-bond donors (Lipinski definition) is 7. The number of rotatable bonds is 19. The highest BCUT2D eigenvalue weighted by Gasteiger charge is 2.50. The number of alkyl halides is 2. The molecule has 1 aromatic carbocycles. The lowest BCUT2D eigenvalue weighted by atomic mass is 9.99. The average molecular weight is 778 g/mol. The van der Waals surface area contributed by atoms with Gasteiger partial charge in [-0.1, -0.05) is 52.0 Å². The first-order valence-electron chi connectivity index (χ1n) is 16.8. The molecule has 0 aliphatic carbocycles. The lowest BCUT2D eigenvalue weighted by molar-refractivity contribution is -0.144. The second kappa shape index (κ2) is 19.5. The number of nitrogens with zero attached hydrogens (tertiary/aromatic N) is 1. The summed E-state index contributed by atoms with van der Waals surface area (Å²) in [5.74, 6) is -4.48. The first kappa shape index (κ1) is 44.6. The summed E-state index contributed by atoms with van der Waals surface area (Å²) in [6.07, 6.45) is 2.70. The molecule has 7 N–H and O–H groups in total. The monoisotopic (exact) mass is 777 g/mol. The van der Waals surface area contributed by atoms with Gasteiger partial charge in [0.05, 0.1) is 0 Å². The Bertz CT molecular complexity index is 1490. The van der Waals surface area contributed by atoms with Crippen molar-refractivity contribution in [2.45, 2.75) is 103 Å². The molecule has 0 saturated carbocycles. The molecule has 1 aliphatic rings. The van der Waals surface area contributed by atoms with Crippen molar-refractivity contribution >= 4 is 54.9 Å². The average Bonchev–Trinajstić information content (AvgIpc) is 3.54. The normalized spacial score (nSPS) is 17.2. The molecule has 52 heavy (non-hydrogen) atoms. The zero-order valence-electron chi connectivity index (χ0n) is 30.1. The van der Waals surface area contributed by atoms with Gasteiger partial charge in [-0.3, -0.25) is 28.5 Å². The summed E-state index contributed by atoms with van der Waals surface area (Å²) in [5, 5.41) is 19.9. The van der Waals surface area contributed by atoms with Crippen molar-refractivity contribution in [2.75, 3.05) is 18.6 Å². The van der Waals surface area contributed by atoms with Gasteiger partial charge < -0.3 is 41.1 Å². The molecule has 0 unspecified atom stereocenters. The molecule has 1 aliphatic heterocycles. The summed E-state index contributed by atoms with van der Waals surface area (Å²) in [4.78, 5) is 97.4. The molecule has 0 spiro atoms. The third-order valence-corrected chi connectivity index (χ3v) is 10.1. The lowest BCUT2D eigenvalue weighted by Gasteiger charge is -2.32. The van der Waals surface area contributed by atoms with Gasteiger partial charge in [-0.05, 0) is 55.1 Å². The van der Waals surface area contributed by atoms with Crippen LogP contribution in [0.4, 0.5) is 8.78 Å². The molecule has 2 rings (SSSR count). The number of aliphatic carboxylic acids is 1. The third-order valence-electron chi connectivity index (χ3n) is 8.44. The maximum atomic E-state index is 14.1. The molecule has 292 valence electrons. The summed E-state index contributed by atoms with van der Waals surface area (Å²) >= 11 is 1.43. The lowest BCUT2D eigenvalue weighted by Crippen LogP contribution is -2.59. The first-order chi connectivity index (χ1) is 24.1. The van der Waals surface area contributed by atoms with E-state index in [1.54, 1.807) is 13.8 Å². The Hall–Kier alpha value is -3.60. The molecule has 0 radical (unpaired) electrons. The Morgan fingerprint density at radius 3 is 2.04 bits per heavy atom.